The molecular weight excluding hydrogens is 398 g/mol. The van der Waals surface area contributed by atoms with Crippen LogP contribution in [0.2, 0.25) is 0 Å². The van der Waals surface area contributed by atoms with Crippen molar-refractivity contribution in [1.29, 1.82) is 0 Å². The molecule has 0 saturated carbocycles. The van der Waals surface area contributed by atoms with Gasteiger partial charge in [-0.1, -0.05) is 18.2 Å². The molecule has 0 atom stereocenters. The third-order valence-electron chi connectivity index (χ3n) is 4.70. The van der Waals surface area contributed by atoms with Crippen LogP contribution in [0.5, 0.6) is 5.75 Å². The normalized spacial score (nSPS) is 13.9. The minimum atomic E-state index is -0.120. The second-order valence-corrected chi connectivity index (χ2v) is 8.17. The SMILES string of the molecule is O=C(CCSc1ccccc1)N/N=C/c1ccc(OCC(=O)N2CCCCC2)cc1. The van der Waals surface area contributed by atoms with E-state index in [4.69, 9.17) is 4.74 Å². The first kappa shape index (κ1) is 21.9. The lowest BCUT2D eigenvalue weighted by Crippen LogP contribution is -2.38. The Balaban J connectivity index is 1.34. The van der Waals surface area contributed by atoms with Crippen molar-refractivity contribution < 1.29 is 14.3 Å². The predicted molar refractivity (Wildman–Crippen MR) is 120 cm³/mol. The number of piperidine rings is 1. The minimum absolute atomic E-state index is 0.0356. The lowest BCUT2D eigenvalue weighted by atomic mass is 10.1. The molecule has 1 aliphatic heterocycles. The minimum Gasteiger partial charge on any atom is -0.484 e. The van der Waals surface area contributed by atoms with Crippen LogP contribution in [0, 0.1) is 0 Å². The van der Waals surface area contributed by atoms with Crippen LogP contribution >= 0.6 is 11.8 Å². The summed E-state index contributed by atoms with van der Waals surface area (Å²) in [6.07, 6.45) is 5.32. The standard InChI is InChI=1S/C23H27N3O3S/c27-22(13-16-30-21-7-3-1-4-8-21)25-24-17-19-9-11-20(12-10-19)29-18-23(28)26-14-5-2-6-15-26/h1,3-4,7-12,17H,2,5-6,13-16,18H2,(H,25,27)/b24-17+. The average Bonchev–Trinajstić information content (AvgIpc) is 2.79. The third-order valence-corrected chi connectivity index (χ3v) is 5.71. The first-order valence-electron chi connectivity index (χ1n) is 10.2. The topological polar surface area (TPSA) is 71.0 Å². The van der Waals surface area contributed by atoms with E-state index in [1.54, 1.807) is 30.1 Å². The van der Waals surface area contributed by atoms with Gasteiger partial charge < -0.3 is 9.64 Å². The molecule has 1 aliphatic rings. The van der Waals surface area contributed by atoms with E-state index in [9.17, 15) is 9.59 Å². The van der Waals surface area contributed by atoms with Gasteiger partial charge in [-0.25, -0.2) is 5.43 Å². The molecule has 158 valence electrons. The molecule has 1 N–H and O–H groups in total. The zero-order chi connectivity index (χ0) is 21.0. The van der Waals surface area contributed by atoms with Gasteiger partial charge in [0.2, 0.25) is 5.91 Å². The fraction of sp³-hybridized carbons (Fsp3) is 0.348. The van der Waals surface area contributed by atoms with Crippen LogP contribution in [0.1, 0.15) is 31.2 Å². The number of nitrogens with zero attached hydrogens (tertiary/aromatic N) is 2. The van der Waals surface area contributed by atoms with Crippen molar-refractivity contribution in [3.63, 3.8) is 0 Å². The number of nitrogens with one attached hydrogen (secondary N) is 1. The van der Waals surface area contributed by atoms with Gasteiger partial charge in [-0.3, -0.25) is 9.59 Å². The number of hydrazone groups is 1. The quantitative estimate of drug-likeness (QED) is 0.378. The van der Waals surface area contributed by atoms with Crippen LogP contribution in [-0.4, -0.2) is 48.4 Å². The maximum atomic E-state index is 12.1. The van der Waals surface area contributed by atoms with Crippen molar-refractivity contribution >= 4 is 29.8 Å². The van der Waals surface area contributed by atoms with Gasteiger partial charge in [0.25, 0.3) is 5.91 Å². The van der Waals surface area contributed by atoms with Gasteiger partial charge in [0, 0.05) is 30.2 Å². The van der Waals surface area contributed by atoms with Gasteiger partial charge in [0.05, 0.1) is 6.21 Å². The number of rotatable bonds is 9. The summed E-state index contributed by atoms with van der Waals surface area (Å²) >= 11 is 1.64. The van der Waals surface area contributed by atoms with Crippen LogP contribution in [-0.2, 0) is 9.59 Å². The van der Waals surface area contributed by atoms with E-state index in [0.29, 0.717) is 17.9 Å². The number of likely N-dealkylation sites (tertiary alicyclic amines) is 1. The highest BCUT2D eigenvalue weighted by Gasteiger charge is 2.16. The molecule has 0 unspecified atom stereocenters. The summed E-state index contributed by atoms with van der Waals surface area (Å²) in [6, 6.07) is 17.2. The molecule has 2 aromatic carbocycles. The summed E-state index contributed by atoms with van der Waals surface area (Å²) in [6.45, 7) is 1.72. The second-order valence-electron chi connectivity index (χ2n) is 7.00. The molecule has 1 saturated heterocycles. The summed E-state index contributed by atoms with van der Waals surface area (Å²) in [5, 5.41) is 4.00. The molecule has 1 fully saturated rings. The first-order valence-corrected chi connectivity index (χ1v) is 11.2. The Hall–Kier alpha value is -2.80. The van der Waals surface area contributed by atoms with Crippen molar-refractivity contribution in [3.05, 3.63) is 60.2 Å². The monoisotopic (exact) mass is 425 g/mol. The van der Waals surface area contributed by atoms with Crippen molar-refractivity contribution in [2.75, 3.05) is 25.4 Å². The van der Waals surface area contributed by atoms with E-state index >= 15 is 0 Å². The highest BCUT2D eigenvalue weighted by atomic mass is 32.2. The Morgan fingerprint density at radius 1 is 1.03 bits per heavy atom. The number of thioether (sulfide) groups is 1. The lowest BCUT2D eigenvalue weighted by Gasteiger charge is -2.26. The molecule has 7 heteroatoms. The van der Waals surface area contributed by atoms with Crippen LogP contribution < -0.4 is 10.2 Å². The molecule has 2 aromatic rings. The van der Waals surface area contributed by atoms with E-state index in [1.807, 2.05) is 47.4 Å². The van der Waals surface area contributed by atoms with Crippen LogP contribution in [0.15, 0.2) is 64.6 Å². The molecule has 2 amide bonds. The maximum Gasteiger partial charge on any atom is 0.260 e. The molecular formula is C23H27N3O3S. The van der Waals surface area contributed by atoms with Gasteiger partial charge in [0.15, 0.2) is 6.61 Å². The number of benzene rings is 2. The highest BCUT2D eigenvalue weighted by molar-refractivity contribution is 7.99. The van der Waals surface area contributed by atoms with Gasteiger partial charge >= 0.3 is 0 Å². The van der Waals surface area contributed by atoms with Gasteiger partial charge in [-0.15, -0.1) is 11.8 Å². The molecule has 30 heavy (non-hydrogen) atoms. The maximum absolute atomic E-state index is 12.1. The van der Waals surface area contributed by atoms with Crippen LogP contribution in [0.3, 0.4) is 0 Å². The smallest absolute Gasteiger partial charge is 0.260 e. The molecule has 1 heterocycles. The molecule has 0 radical (unpaired) electrons. The molecule has 0 aromatic heterocycles. The highest BCUT2D eigenvalue weighted by Crippen LogP contribution is 2.17. The van der Waals surface area contributed by atoms with Crippen LogP contribution in [0.25, 0.3) is 0 Å². The van der Waals surface area contributed by atoms with Crippen molar-refractivity contribution in [2.45, 2.75) is 30.6 Å². The number of carbonyl (C=O) groups is 2. The summed E-state index contributed by atoms with van der Waals surface area (Å²) in [4.78, 5) is 27.0. The fourth-order valence-corrected chi connectivity index (χ4v) is 3.92. The first-order chi connectivity index (χ1) is 14.7. The number of hydrogen-bond donors (Lipinski definition) is 1. The van der Waals surface area contributed by atoms with E-state index in [2.05, 4.69) is 10.5 Å². The van der Waals surface area contributed by atoms with E-state index < -0.39 is 0 Å². The van der Waals surface area contributed by atoms with Crippen molar-refractivity contribution in [1.82, 2.24) is 10.3 Å². The summed E-state index contributed by atoms with van der Waals surface area (Å²) in [5.41, 5.74) is 3.38. The number of carbonyl (C=O) groups excluding carboxylic acids is 2. The lowest BCUT2D eigenvalue weighted by molar-refractivity contribution is -0.134. The molecule has 6 nitrogen and oxygen atoms in total. The van der Waals surface area contributed by atoms with Gasteiger partial charge in [0.1, 0.15) is 5.75 Å². The summed E-state index contributed by atoms with van der Waals surface area (Å²) < 4.78 is 5.59. The van der Waals surface area contributed by atoms with E-state index in [1.165, 1.54) is 6.42 Å². The molecule has 0 aliphatic carbocycles. The van der Waals surface area contributed by atoms with Gasteiger partial charge in [-0.05, 0) is 61.2 Å². The zero-order valence-corrected chi connectivity index (χ0v) is 17.8. The number of ether oxygens (including phenoxy) is 1. The Morgan fingerprint density at radius 3 is 2.50 bits per heavy atom. The predicted octanol–water partition coefficient (Wildman–Crippen LogP) is 3.71. The van der Waals surface area contributed by atoms with Crippen molar-refractivity contribution in [3.8, 4) is 5.75 Å². The second kappa shape index (κ2) is 12.0. The largest absolute Gasteiger partial charge is 0.484 e. The number of hydrogen-bond acceptors (Lipinski definition) is 5. The summed E-state index contributed by atoms with van der Waals surface area (Å²) in [7, 11) is 0. The van der Waals surface area contributed by atoms with E-state index in [-0.39, 0.29) is 18.4 Å². The van der Waals surface area contributed by atoms with Gasteiger partial charge in [-0.2, -0.15) is 5.10 Å². The zero-order valence-electron chi connectivity index (χ0n) is 17.0. The summed E-state index contributed by atoms with van der Waals surface area (Å²) in [5.74, 6) is 1.26. The molecule has 0 spiro atoms. The Morgan fingerprint density at radius 2 is 1.77 bits per heavy atom. The Bertz CT molecular complexity index is 835. The van der Waals surface area contributed by atoms with Crippen LogP contribution in [0.4, 0.5) is 0 Å². The fourth-order valence-electron chi connectivity index (χ4n) is 3.04. The average molecular weight is 426 g/mol. The van der Waals surface area contributed by atoms with Crippen molar-refractivity contribution in [2.24, 2.45) is 5.10 Å². The number of amides is 2. The Kier molecular flexibility index (Phi) is 8.78. The molecule has 0 bridgehead atoms. The van der Waals surface area contributed by atoms with E-state index in [0.717, 1.165) is 36.4 Å². The Labute approximate surface area is 181 Å². The third kappa shape index (κ3) is 7.55. The molecule has 3 rings (SSSR count).